The fourth-order valence-electron chi connectivity index (χ4n) is 2.23. The fraction of sp³-hybridized carbons (Fsp3) is 0.278. The molecule has 0 aliphatic heterocycles. The first-order valence-corrected chi connectivity index (χ1v) is 7.22. The zero-order valence-electron chi connectivity index (χ0n) is 13.0. The van der Waals surface area contributed by atoms with Gasteiger partial charge >= 0.3 is 5.92 Å². The van der Waals surface area contributed by atoms with Crippen molar-refractivity contribution in [2.24, 2.45) is 0 Å². The van der Waals surface area contributed by atoms with Gasteiger partial charge in [-0.3, -0.25) is 4.79 Å². The monoisotopic (exact) mass is 319 g/mol. The zero-order valence-corrected chi connectivity index (χ0v) is 13.0. The normalized spacial score (nSPS) is 12.7. The third-order valence-corrected chi connectivity index (χ3v) is 3.63. The maximum Gasteiger partial charge on any atom is 0.334 e. The molecule has 0 bridgehead atoms. The van der Waals surface area contributed by atoms with Crippen LogP contribution in [-0.4, -0.2) is 30.9 Å². The summed E-state index contributed by atoms with van der Waals surface area (Å²) in [4.78, 5) is 13.7. The van der Waals surface area contributed by atoms with E-state index in [9.17, 15) is 18.7 Å². The van der Waals surface area contributed by atoms with E-state index in [1.807, 2.05) is 0 Å². The molecule has 0 spiro atoms. The van der Waals surface area contributed by atoms with E-state index < -0.39 is 24.2 Å². The Labute approximate surface area is 134 Å². The number of aliphatic hydroxyl groups excluding tert-OH is 1. The first-order valence-electron chi connectivity index (χ1n) is 7.22. The smallest absolute Gasteiger partial charge is 0.334 e. The van der Waals surface area contributed by atoms with Crippen molar-refractivity contribution in [3.8, 4) is 0 Å². The van der Waals surface area contributed by atoms with Crippen molar-refractivity contribution in [3.05, 3.63) is 65.7 Å². The van der Waals surface area contributed by atoms with Crippen molar-refractivity contribution in [3.63, 3.8) is 0 Å². The van der Waals surface area contributed by atoms with Crippen LogP contribution in [0.4, 0.5) is 14.5 Å². The van der Waals surface area contributed by atoms with E-state index in [0.717, 1.165) is 0 Å². The van der Waals surface area contributed by atoms with Crippen molar-refractivity contribution in [2.45, 2.75) is 18.4 Å². The number of alkyl halides is 2. The Morgan fingerprint density at radius 1 is 1.13 bits per heavy atom. The van der Waals surface area contributed by atoms with Crippen LogP contribution in [0.3, 0.4) is 0 Å². The summed E-state index contributed by atoms with van der Waals surface area (Å²) >= 11 is 0. The molecule has 2 rings (SSSR count). The SMILES string of the molecule is CN(C)c1cccc(C(O)C(F)(F)C(=O)Cc2ccccc2)c1. The molecular formula is C18H19F2NO2. The van der Waals surface area contributed by atoms with E-state index in [-0.39, 0.29) is 5.56 Å². The molecule has 0 aliphatic rings. The number of carbonyl (C=O) groups excluding carboxylic acids is 1. The van der Waals surface area contributed by atoms with Crippen LogP contribution in [0.5, 0.6) is 0 Å². The van der Waals surface area contributed by atoms with Gasteiger partial charge in [0.1, 0.15) is 0 Å². The second-order valence-corrected chi connectivity index (χ2v) is 5.60. The van der Waals surface area contributed by atoms with Gasteiger partial charge in [0.2, 0.25) is 5.78 Å². The Bertz CT molecular complexity index is 672. The maximum atomic E-state index is 14.3. The average molecular weight is 319 g/mol. The van der Waals surface area contributed by atoms with Gasteiger partial charge < -0.3 is 10.0 Å². The first-order chi connectivity index (χ1) is 10.8. The largest absolute Gasteiger partial charge is 0.382 e. The Morgan fingerprint density at radius 2 is 1.78 bits per heavy atom. The molecule has 0 saturated heterocycles. The minimum absolute atomic E-state index is 0.0163. The van der Waals surface area contributed by atoms with E-state index in [1.54, 1.807) is 61.5 Å². The number of halogens is 2. The molecular weight excluding hydrogens is 300 g/mol. The van der Waals surface area contributed by atoms with Crippen LogP contribution < -0.4 is 4.90 Å². The van der Waals surface area contributed by atoms with Crippen LogP contribution in [-0.2, 0) is 11.2 Å². The minimum atomic E-state index is -3.85. The number of benzene rings is 2. The number of rotatable bonds is 6. The molecule has 0 fully saturated rings. The third-order valence-electron chi connectivity index (χ3n) is 3.63. The fourth-order valence-corrected chi connectivity index (χ4v) is 2.23. The van der Waals surface area contributed by atoms with Gasteiger partial charge in [-0.15, -0.1) is 0 Å². The number of anilines is 1. The van der Waals surface area contributed by atoms with Crippen molar-refractivity contribution in [1.29, 1.82) is 0 Å². The molecule has 23 heavy (non-hydrogen) atoms. The molecule has 1 N–H and O–H groups in total. The molecule has 0 heterocycles. The van der Waals surface area contributed by atoms with Gasteiger partial charge in [-0.25, -0.2) is 0 Å². The highest BCUT2D eigenvalue weighted by Crippen LogP contribution is 2.34. The molecule has 0 aromatic heterocycles. The Balaban J connectivity index is 2.20. The van der Waals surface area contributed by atoms with Crippen molar-refractivity contribution >= 4 is 11.5 Å². The number of Topliss-reactive ketones (excluding diaryl/α,β-unsaturated/α-hetero) is 1. The van der Waals surface area contributed by atoms with Gasteiger partial charge in [-0.1, -0.05) is 42.5 Å². The molecule has 3 nitrogen and oxygen atoms in total. The molecule has 2 aromatic carbocycles. The quantitative estimate of drug-likeness (QED) is 0.889. The molecule has 1 atom stereocenters. The summed E-state index contributed by atoms with van der Waals surface area (Å²) in [5, 5.41) is 10.0. The summed E-state index contributed by atoms with van der Waals surface area (Å²) in [6, 6.07) is 14.5. The summed E-state index contributed by atoms with van der Waals surface area (Å²) in [7, 11) is 3.54. The number of hydrogen-bond donors (Lipinski definition) is 1. The molecule has 2 aromatic rings. The van der Waals surface area contributed by atoms with Gasteiger partial charge in [-0.05, 0) is 23.3 Å². The predicted molar refractivity (Wildman–Crippen MR) is 85.8 cm³/mol. The zero-order chi connectivity index (χ0) is 17.0. The Hall–Kier alpha value is -2.27. The van der Waals surface area contributed by atoms with Crippen molar-refractivity contribution in [2.75, 3.05) is 19.0 Å². The molecule has 0 amide bonds. The number of aliphatic hydroxyl groups is 1. The highest BCUT2D eigenvalue weighted by molar-refractivity contribution is 5.88. The molecule has 5 heteroatoms. The number of carbonyl (C=O) groups is 1. The van der Waals surface area contributed by atoms with Crippen LogP contribution in [0, 0.1) is 0 Å². The van der Waals surface area contributed by atoms with Crippen molar-refractivity contribution < 1.29 is 18.7 Å². The van der Waals surface area contributed by atoms with E-state index in [2.05, 4.69) is 0 Å². The van der Waals surface area contributed by atoms with Gasteiger partial charge in [0.15, 0.2) is 6.10 Å². The summed E-state index contributed by atoms with van der Waals surface area (Å²) in [6.45, 7) is 0. The molecule has 1 unspecified atom stereocenters. The van der Waals surface area contributed by atoms with Crippen LogP contribution >= 0.6 is 0 Å². The highest BCUT2D eigenvalue weighted by atomic mass is 19.3. The number of nitrogens with zero attached hydrogens (tertiary/aromatic N) is 1. The van der Waals surface area contributed by atoms with Crippen LogP contribution in [0.2, 0.25) is 0 Å². The second-order valence-electron chi connectivity index (χ2n) is 5.60. The molecule has 122 valence electrons. The molecule has 0 saturated carbocycles. The Kier molecular flexibility index (Phi) is 5.11. The summed E-state index contributed by atoms with van der Waals surface area (Å²) in [5.41, 5.74) is 1.18. The minimum Gasteiger partial charge on any atom is -0.382 e. The molecule has 0 aliphatic carbocycles. The summed E-state index contributed by atoms with van der Waals surface area (Å²) < 4.78 is 28.6. The van der Waals surface area contributed by atoms with E-state index in [0.29, 0.717) is 11.3 Å². The number of ketones is 1. The maximum absolute atomic E-state index is 14.3. The average Bonchev–Trinajstić information content (AvgIpc) is 2.55. The van der Waals surface area contributed by atoms with Crippen LogP contribution in [0.1, 0.15) is 17.2 Å². The van der Waals surface area contributed by atoms with Gasteiger partial charge in [0.05, 0.1) is 0 Å². The van der Waals surface area contributed by atoms with Crippen molar-refractivity contribution in [1.82, 2.24) is 0 Å². The lowest BCUT2D eigenvalue weighted by Gasteiger charge is -2.23. The van der Waals surface area contributed by atoms with E-state index >= 15 is 0 Å². The number of hydrogen-bond acceptors (Lipinski definition) is 3. The molecule has 0 radical (unpaired) electrons. The summed E-state index contributed by atoms with van der Waals surface area (Å²) in [5.74, 6) is -5.15. The lowest BCUT2D eigenvalue weighted by atomic mass is 9.96. The lowest BCUT2D eigenvalue weighted by molar-refractivity contribution is -0.161. The van der Waals surface area contributed by atoms with Gasteiger partial charge in [-0.2, -0.15) is 8.78 Å². The van der Waals surface area contributed by atoms with Gasteiger partial charge in [0.25, 0.3) is 0 Å². The van der Waals surface area contributed by atoms with E-state index in [1.165, 1.54) is 12.1 Å². The summed E-state index contributed by atoms with van der Waals surface area (Å²) in [6.07, 6.45) is -2.59. The van der Waals surface area contributed by atoms with Crippen LogP contribution in [0.25, 0.3) is 0 Å². The Morgan fingerprint density at radius 3 is 2.39 bits per heavy atom. The van der Waals surface area contributed by atoms with Crippen LogP contribution in [0.15, 0.2) is 54.6 Å². The van der Waals surface area contributed by atoms with Gasteiger partial charge in [0, 0.05) is 26.2 Å². The third kappa shape index (κ3) is 3.93. The first kappa shape index (κ1) is 17.1. The topological polar surface area (TPSA) is 40.5 Å². The highest BCUT2D eigenvalue weighted by Gasteiger charge is 2.46. The predicted octanol–water partition coefficient (Wildman–Crippen LogP) is 3.23. The standard InChI is InChI=1S/C18H19F2NO2/c1-21(2)15-10-6-9-14(12-15)17(23)18(19,20)16(22)11-13-7-4-3-5-8-13/h3-10,12,17,23H,11H2,1-2H3. The van der Waals surface area contributed by atoms with E-state index in [4.69, 9.17) is 0 Å². The lowest BCUT2D eigenvalue weighted by Crippen LogP contribution is -2.37. The second kappa shape index (κ2) is 6.87.